The quantitative estimate of drug-likeness (QED) is 0.186. The fraction of sp³-hybridized carbons (Fsp3) is 0. The topological polar surface area (TPSA) is 15.3 Å². The number of nitrogens with one attached hydrogen (secondary N) is 1. The minimum Gasteiger partial charge on any atom is -0.355 e. The van der Waals surface area contributed by atoms with Gasteiger partial charge in [0.15, 0.2) is 0 Å². The summed E-state index contributed by atoms with van der Waals surface area (Å²) in [7, 11) is 0. The Labute approximate surface area is 290 Å². The summed E-state index contributed by atoms with van der Waals surface area (Å²) in [6.45, 7) is 0. The Hall–Kier alpha value is -6.16. The summed E-state index contributed by atoms with van der Waals surface area (Å²) >= 11 is 1.85. The first-order valence-corrected chi connectivity index (χ1v) is 17.4. The summed E-state index contributed by atoms with van der Waals surface area (Å²) in [5.41, 5.74) is 10.3. The molecule has 1 N–H and O–H groups in total. The van der Waals surface area contributed by atoms with Crippen LogP contribution in [-0.2, 0) is 0 Å². The minimum absolute atomic E-state index is 1.04. The molecule has 0 saturated carbocycles. The molecule has 0 aliphatic heterocycles. The number of hydrogen-bond donors (Lipinski definition) is 1. The highest BCUT2D eigenvalue weighted by Gasteiger charge is 2.15. The van der Waals surface area contributed by atoms with Crippen molar-refractivity contribution in [3.63, 3.8) is 0 Å². The van der Waals surface area contributed by atoms with Gasteiger partial charge in [0.2, 0.25) is 0 Å². The SMILES string of the molecule is c1ccc(-c2cc3c(cc2Nc2ccc(N(c4ccccc4)c4ccc(-c5ccc6ccccc6c5)cc4)cc2)sc2ccccc23)cc1. The van der Waals surface area contributed by atoms with Gasteiger partial charge in [-0.3, -0.25) is 0 Å². The third kappa shape index (κ3) is 5.61. The minimum atomic E-state index is 1.04. The van der Waals surface area contributed by atoms with E-state index in [-0.39, 0.29) is 0 Å². The van der Waals surface area contributed by atoms with Gasteiger partial charge in [-0.15, -0.1) is 11.3 Å². The van der Waals surface area contributed by atoms with E-state index in [1.807, 2.05) is 11.3 Å². The highest BCUT2D eigenvalue weighted by Crippen LogP contribution is 2.42. The second kappa shape index (κ2) is 12.5. The lowest BCUT2D eigenvalue weighted by molar-refractivity contribution is 1.28. The zero-order chi connectivity index (χ0) is 32.6. The van der Waals surface area contributed by atoms with E-state index in [1.54, 1.807) is 0 Å². The second-order valence-corrected chi connectivity index (χ2v) is 13.4. The van der Waals surface area contributed by atoms with Crippen molar-refractivity contribution in [3.8, 4) is 22.3 Å². The monoisotopic (exact) mass is 644 g/mol. The fourth-order valence-electron chi connectivity index (χ4n) is 6.78. The summed E-state index contributed by atoms with van der Waals surface area (Å²) in [6, 6.07) is 67.4. The van der Waals surface area contributed by atoms with Crippen molar-refractivity contribution < 1.29 is 0 Å². The molecule has 0 radical (unpaired) electrons. The van der Waals surface area contributed by atoms with Crippen LogP contribution in [-0.4, -0.2) is 0 Å². The van der Waals surface area contributed by atoms with Crippen LogP contribution in [0.4, 0.5) is 28.4 Å². The number of fused-ring (bicyclic) bond motifs is 4. The van der Waals surface area contributed by atoms with Crippen molar-refractivity contribution in [2.75, 3.05) is 10.2 Å². The molecule has 1 aromatic heterocycles. The standard InChI is InChI=1S/C46H32N2S/c1-3-12-34(13-4-1)42-30-43-41-17-9-10-18-45(41)49-46(43)31-44(42)47-37-23-27-40(28-24-37)48(38-15-5-2-6-16-38)39-25-21-33(22-26-39)36-20-19-32-11-7-8-14-35(32)29-36/h1-31,47H. The number of nitrogens with zero attached hydrogens (tertiary/aromatic N) is 1. The third-order valence-electron chi connectivity index (χ3n) is 9.23. The van der Waals surface area contributed by atoms with Gasteiger partial charge in [0.1, 0.15) is 0 Å². The number of rotatable bonds is 7. The molecule has 0 amide bonds. The number of hydrogen-bond acceptors (Lipinski definition) is 3. The van der Waals surface area contributed by atoms with Crippen molar-refractivity contribution in [1.29, 1.82) is 0 Å². The fourth-order valence-corrected chi connectivity index (χ4v) is 7.90. The van der Waals surface area contributed by atoms with E-state index in [9.17, 15) is 0 Å². The van der Waals surface area contributed by atoms with Gasteiger partial charge in [-0.25, -0.2) is 0 Å². The van der Waals surface area contributed by atoms with E-state index in [0.29, 0.717) is 0 Å². The van der Waals surface area contributed by atoms with E-state index in [1.165, 1.54) is 53.2 Å². The molecule has 0 aliphatic rings. The maximum atomic E-state index is 3.78. The molecule has 2 nitrogen and oxygen atoms in total. The zero-order valence-electron chi connectivity index (χ0n) is 26.8. The van der Waals surface area contributed by atoms with E-state index in [0.717, 1.165) is 28.4 Å². The number of anilines is 5. The van der Waals surface area contributed by atoms with Gasteiger partial charge in [-0.2, -0.15) is 0 Å². The van der Waals surface area contributed by atoms with Crippen molar-refractivity contribution in [3.05, 3.63) is 188 Å². The van der Waals surface area contributed by atoms with Crippen LogP contribution in [0.3, 0.4) is 0 Å². The molecular weight excluding hydrogens is 613 g/mol. The molecule has 0 saturated heterocycles. The highest BCUT2D eigenvalue weighted by molar-refractivity contribution is 7.25. The maximum absolute atomic E-state index is 3.78. The van der Waals surface area contributed by atoms with Crippen LogP contribution < -0.4 is 10.2 Å². The summed E-state index contributed by atoms with van der Waals surface area (Å²) in [6.07, 6.45) is 0. The van der Waals surface area contributed by atoms with Gasteiger partial charge in [0, 0.05) is 54.2 Å². The lowest BCUT2D eigenvalue weighted by Gasteiger charge is -2.26. The molecule has 0 bridgehead atoms. The van der Waals surface area contributed by atoms with Crippen LogP contribution in [0.1, 0.15) is 0 Å². The molecule has 8 aromatic carbocycles. The van der Waals surface area contributed by atoms with Crippen molar-refractivity contribution >= 4 is 70.7 Å². The van der Waals surface area contributed by atoms with Crippen LogP contribution in [0.25, 0.3) is 53.2 Å². The second-order valence-electron chi connectivity index (χ2n) is 12.3. The van der Waals surface area contributed by atoms with E-state index in [2.05, 4.69) is 198 Å². The van der Waals surface area contributed by atoms with Crippen molar-refractivity contribution in [2.24, 2.45) is 0 Å². The smallest absolute Gasteiger partial charge is 0.0478 e. The Balaban J connectivity index is 1.06. The van der Waals surface area contributed by atoms with E-state index in [4.69, 9.17) is 0 Å². The van der Waals surface area contributed by atoms with Crippen molar-refractivity contribution in [1.82, 2.24) is 0 Å². The molecule has 0 unspecified atom stereocenters. The molecule has 9 aromatic rings. The van der Waals surface area contributed by atoms with Crippen LogP contribution in [0, 0.1) is 0 Å². The average molecular weight is 645 g/mol. The Kier molecular flexibility index (Phi) is 7.38. The lowest BCUT2D eigenvalue weighted by Crippen LogP contribution is -2.09. The largest absolute Gasteiger partial charge is 0.355 e. The Bertz CT molecular complexity index is 2550. The van der Waals surface area contributed by atoms with Gasteiger partial charge in [0.25, 0.3) is 0 Å². The molecule has 49 heavy (non-hydrogen) atoms. The van der Waals surface area contributed by atoms with Gasteiger partial charge >= 0.3 is 0 Å². The molecule has 232 valence electrons. The van der Waals surface area contributed by atoms with Crippen LogP contribution >= 0.6 is 11.3 Å². The molecule has 3 heteroatoms. The normalized spacial score (nSPS) is 11.3. The summed E-state index contributed by atoms with van der Waals surface area (Å²) in [5, 5.41) is 8.89. The molecule has 0 atom stereocenters. The molecule has 0 fully saturated rings. The first-order chi connectivity index (χ1) is 24.3. The summed E-state index contributed by atoms with van der Waals surface area (Å²) < 4.78 is 2.59. The molecule has 0 spiro atoms. The maximum Gasteiger partial charge on any atom is 0.0478 e. The summed E-state index contributed by atoms with van der Waals surface area (Å²) in [5.74, 6) is 0. The Morgan fingerprint density at radius 2 is 1.00 bits per heavy atom. The van der Waals surface area contributed by atoms with E-state index < -0.39 is 0 Å². The van der Waals surface area contributed by atoms with Crippen LogP contribution in [0.15, 0.2) is 188 Å². The van der Waals surface area contributed by atoms with E-state index >= 15 is 0 Å². The third-order valence-corrected chi connectivity index (χ3v) is 10.4. The molecule has 9 rings (SSSR count). The number of benzene rings is 8. The first kappa shape index (κ1) is 29.0. The van der Waals surface area contributed by atoms with Crippen molar-refractivity contribution in [2.45, 2.75) is 0 Å². The molecule has 0 aliphatic carbocycles. The van der Waals surface area contributed by atoms with Gasteiger partial charge < -0.3 is 10.2 Å². The Morgan fingerprint density at radius 1 is 0.388 bits per heavy atom. The first-order valence-electron chi connectivity index (χ1n) is 16.6. The predicted octanol–water partition coefficient (Wildman–Crippen LogP) is 13.8. The summed E-state index contributed by atoms with van der Waals surface area (Å²) in [4.78, 5) is 2.31. The predicted molar refractivity (Wildman–Crippen MR) is 212 cm³/mol. The van der Waals surface area contributed by atoms with Gasteiger partial charge in [0.05, 0.1) is 0 Å². The van der Waals surface area contributed by atoms with Crippen LogP contribution in [0.2, 0.25) is 0 Å². The lowest BCUT2D eigenvalue weighted by atomic mass is 10.0. The van der Waals surface area contributed by atoms with Gasteiger partial charge in [-0.1, -0.05) is 115 Å². The van der Waals surface area contributed by atoms with Gasteiger partial charge in [-0.05, 0) is 100 Å². The number of para-hydroxylation sites is 1. The molecule has 1 heterocycles. The average Bonchev–Trinajstić information content (AvgIpc) is 3.53. The number of thiophene rings is 1. The molecular formula is C46H32N2S. The Morgan fingerprint density at radius 3 is 1.78 bits per heavy atom. The highest BCUT2D eigenvalue weighted by atomic mass is 32.1. The zero-order valence-corrected chi connectivity index (χ0v) is 27.6. The van der Waals surface area contributed by atoms with Crippen LogP contribution in [0.5, 0.6) is 0 Å².